The van der Waals surface area contributed by atoms with Crippen LogP contribution in [0.3, 0.4) is 0 Å². The van der Waals surface area contributed by atoms with Crippen LogP contribution in [0.25, 0.3) is 0 Å². The Morgan fingerprint density at radius 3 is 1.38 bits per heavy atom. The van der Waals surface area contributed by atoms with E-state index in [1.54, 1.807) is 0 Å². The van der Waals surface area contributed by atoms with Gasteiger partial charge in [0.2, 0.25) is 0 Å². The van der Waals surface area contributed by atoms with E-state index < -0.39 is 15.1 Å². The molecule has 1 N–H and O–H groups in total. The molecule has 0 rings (SSSR count). The molecule has 0 radical (unpaired) electrons. The van der Waals surface area contributed by atoms with Gasteiger partial charge in [0.15, 0.2) is 4.93 Å². The number of aliphatic hydroxyl groups is 1. The zero-order chi connectivity index (χ0) is 17.6. The minimum atomic E-state index is -4.63. The maximum absolute atomic E-state index is 11.0. The molecule has 0 aromatic heterocycles. The minimum absolute atomic E-state index is 0. The van der Waals surface area contributed by atoms with Crippen molar-refractivity contribution in [3.05, 3.63) is 0 Å². The Bertz CT molecular complexity index is 373. The maximum Gasteiger partial charge on any atom is 1.00 e. The molecular formula is C18H37KO4S. The quantitative estimate of drug-likeness (QED) is 0.250. The molecular weight excluding hydrogens is 351 g/mol. The topological polar surface area (TPSA) is 77.4 Å². The fourth-order valence-electron chi connectivity index (χ4n) is 2.90. The Hall–Kier alpha value is 1.51. The van der Waals surface area contributed by atoms with Gasteiger partial charge in [0.05, 0.1) is 0 Å². The Morgan fingerprint density at radius 1 is 0.750 bits per heavy atom. The second kappa shape index (κ2) is 16.7. The standard InChI is InChI=1S/C18H38O4S.K/c1-3-5-6-7-8-9-10-11-12-13-14-15-16-17-18(19,4-2)23(20,21)22;/h19H,3-17H2,1-2H3,(H,20,21,22);/q;+1/p-1. The van der Waals surface area contributed by atoms with E-state index in [0.717, 1.165) is 19.3 Å². The zero-order valence-electron chi connectivity index (χ0n) is 16.2. The van der Waals surface area contributed by atoms with Gasteiger partial charge in [0.25, 0.3) is 0 Å². The summed E-state index contributed by atoms with van der Waals surface area (Å²) in [7, 11) is -4.63. The van der Waals surface area contributed by atoms with Crippen LogP contribution >= 0.6 is 0 Å². The van der Waals surface area contributed by atoms with Crippen molar-refractivity contribution in [3.63, 3.8) is 0 Å². The smallest absolute Gasteiger partial charge is 0.746 e. The molecule has 0 amide bonds. The second-order valence-electron chi connectivity index (χ2n) is 6.75. The minimum Gasteiger partial charge on any atom is -0.746 e. The van der Waals surface area contributed by atoms with E-state index in [1.807, 2.05) is 0 Å². The Balaban J connectivity index is 0. The van der Waals surface area contributed by atoms with Crippen LogP contribution in [0.2, 0.25) is 0 Å². The molecule has 0 aliphatic rings. The first-order valence-corrected chi connectivity index (χ1v) is 11.0. The van der Waals surface area contributed by atoms with E-state index in [-0.39, 0.29) is 64.2 Å². The fourth-order valence-corrected chi connectivity index (χ4v) is 3.65. The van der Waals surface area contributed by atoms with E-state index in [9.17, 15) is 18.1 Å². The largest absolute Gasteiger partial charge is 1.00 e. The normalized spacial score (nSPS) is 14.2. The monoisotopic (exact) mass is 388 g/mol. The Kier molecular flexibility index (Phi) is 19.2. The van der Waals surface area contributed by atoms with Crippen molar-refractivity contribution in [2.24, 2.45) is 0 Å². The van der Waals surface area contributed by atoms with Crippen molar-refractivity contribution in [1.82, 2.24) is 0 Å². The van der Waals surface area contributed by atoms with E-state index in [4.69, 9.17) is 0 Å². The van der Waals surface area contributed by atoms with Crippen molar-refractivity contribution in [1.29, 1.82) is 0 Å². The third kappa shape index (κ3) is 13.7. The molecule has 0 bridgehead atoms. The first-order valence-electron chi connectivity index (χ1n) is 9.55. The van der Waals surface area contributed by atoms with E-state index in [1.165, 1.54) is 64.7 Å². The summed E-state index contributed by atoms with van der Waals surface area (Å²) in [5.41, 5.74) is 0. The van der Waals surface area contributed by atoms with E-state index in [2.05, 4.69) is 6.92 Å². The van der Waals surface area contributed by atoms with Crippen LogP contribution < -0.4 is 51.4 Å². The summed E-state index contributed by atoms with van der Waals surface area (Å²) in [5, 5.41) is 9.83. The summed E-state index contributed by atoms with van der Waals surface area (Å²) in [6.45, 7) is 3.78. The molecule has 6 heteroatoms. The van der Waals surface area contributed by atoms with Gasteiger partial charge in [-0.1, -0.05) is 90.9 Å². The van der Waals surface area contributed by atoms with Crippen molar-refractivity contribution >= 4 is 10.1 Å². The van der Waals surface area contributed by atoms with E-state index >= 15 is 0 Å². The first kappa shape index (κ1) is 27.7. The molecule has 1 unspecified atom stereocenters. The van der Waals surface area contributed by atoms with Crippen molar-refractivity contribution in [2.75, 3.05) is 0 Å². The van der Waals surface area contributed by atoms with Gasteiger partial charge in [-0.3, -0.25) is 0 Å². The van der Waals surface area contributed by atoms with Gasteiger partial charge in [-0.15, -0.1) is 0 Å². The number of unbranched alkanes of at least 4 members (excludes halogenated alkanes) is 12. The molecule has 0 spiro atoms. The summed E-state index contributed by atoms with van der Waals surface area (Å²) < 4.78 is 33.1. The fraction of sp³-hybridized carbons (Fsp3) is 1.00. The number of rotatable bonds is 16. The Labute approximate surface area is 192 Å². The molecule has 24 heavy (non-hydrogen) atoms. The molecule has 0 aliphatic carbocycles. The molecule has 0 aromatic rings. The van der Waals surface area contributed by atoms with Crippen molar-refractivity contribution < 1.29 is 69.5 Å². The molecule has 0 fully saturated rings. The van der Waals surface area contributed by atoms with Crippen molar-refractivity contribution in [3.8, 4) is 0 Å². The summed E-state index contributed by atoms with van der Waals surface area (Å²) in [6, 6.07) is 0. The van der Waals surface area contributed by atoms with Crippen LogP contribution in [-0.2, 0) is 10.1 Å². The van der Waals surface area contributed by atoms with Crippen LogP contribution in [0, 0.1) is 0 Å². The zero-order valence-corrected chi connectivity index (χ0v) is 20.1. The van der Waals surface area contributed by atoms with Gasteiger partial charge >= 0.3 is 51.4 Å². The predicted molar refractivity (Wildman–Crippen MR) is 95.3 cm³/mol. The van der Waals surface area contributed by atoms with Crippen molar-refractivity contribution in [2.45, 2.75) is 115 Å². The Morgan fingerprint density at radius 2 is 1.08 bits per heavy atom. The van der Waals surface area contributed by atoms with Crippen LogP contribution in [0.1, 0.15) is 110 Å². The summed E-state index contributed by atoms with van der Waals surface area (Å²) in [4.78, 5) is -2.06. The summed E-state index contributed by atoms with van der Waals surface area (Å²) in [6.07, 6.45) is 15.7. The summed E-state index contributed by atoms with van der Waals surface area (Å²) in [5.74, 6) is 0. The van der Waals surface area contributed by atoms with E-state index in [0.29, 0.717) is 6.42 Å². The van der Waals surface area contributed by atoms with Crippen LogP contribution in [0.5, 0.6) is 0 Å². The SMILES string of the molecule is CCCCCCCCCCCCCCCC(O)(CC)S(=O)(=O)[O-].[K+]. The third-order valence-electron chi connectivity index (χ3n) is 4.69. The van der Waals surface area contributed by atoms with Crippen LogP contribution in [0.15, 0.2) is 0 Å². The molecule has 0 saturated heterocycles. The first-order chi connectivity index (χ1) is 10.9. The molecule has 1 atom stereocenters. The molecule has 140 valence electrons. The molecule has 4 nitrogen and oxygen atoms in total. The predicted octanol–water partition coefficient (Wildman–Crippen LogP) is 2.12. The molecule has 0 aromatic carbocycles. The molecule has 0 heterocycles. The number of hydrogen-bond donors (Lipinski definition) is 1. The summed E-state index contributed by atoms with van der Waals surface area (Å²) >= 11 is 0. The van der Waals surface area contributed by atoms with Gasteiger partial charge in [-0.2, -0.15) is 0 Å². The molecule has 0 aliphatic heterocycles. The van der Waals surface area contributed by atoms with Gasteiger partial charge in [-0.25, -0.2) is 8.42 Å². The van der Waals surface area contributed by atoms with Gasteiger partial charge in [0, 0.05) is 0 Å². The van der Waals surface area contributed by atoms with Gasteiger partial charge < -0.3 is 9.66 Å². The average molecular weight is 389 g/mol. The van der Waals surface area contributed by atoms with Crippen LogP contribution in [-0.4, -0.2) is 23.0 Å². The average Bonchev–Trinajstić information content (AvgIpc) is 2.50. The van der Waals surface area contributed by atoms with Gasteiger partial charge in [-0.05, 0) is 19.3 Å². The third-order valence-corrected chi connectivity index (χ3v) is 6.11. The second-order valence-corrected chi connectivity index (χ2v) is 8.41. The van der Waals surface area contributed by atoms with Gasteiger partial charge in [0.1, 0.15) is 10.1 Å². The maximum atomic E-state index is 11.0. The van der Waals surface area contributed by atoms with Crippen LogP contribution in [0.4, 0.5) is 0 Å². The molecule has 0 saturated carbocycles. The number of hydrogen-bond acceptors (Lipinski definition) is 4.